The Balaban J connectivity index is 1.66. The number of anilines is 1. The molecule has 0 atom stereocenters. The number of nitrogens with zero attached hydrogens (tertiary/aromatic N) is 1. The van der Waals surface area contributed by atoms with Gasteiger partial charge in [-0.3, -0.25) is 9.59 Å². The normalized spacial score (nSPS) is 10.7. The van der Waals surface area contributed by atoms with Crippen LogP contribution in [0.3, 0.4) is 0 Å². The van der Waals surface area contributed by atoms with Gasteiger partial charge in [-0.2, -0.15) is 5.10 Å². The van der Waals surface area contributed by atoms with Crippen LogP contribution in [0.15, 0.2) is 65.8 Å². The quantitative estimate of drug-likeness (QED) is 0.197. The van der Waals surface area contributed by atoms with E-state index in [1.54, 1.807) is 42.5 Å². The largest absolute Gasteiger partial charge is 0.490 e. The van der Waals surface area contributed by atoms with Gasteiger partial charge in [0.05, 0.1) is 16.4 Å². The van der Waals surface area contributed by atoms with Crippen molar-refractivity contribution in [2.24, 2.45) is 5.10 Å². The first-order valence-electron chi connectivity index (χ1n) is 10.4. The van der Waals surface area contributed by atoms with E-state index in [9.17, 15) is 9.59 Å². The summed E-state index contributed by atoms with van der Waals surface area (Å²) in [4.78, 5) is 24.5. The summed E-state index contributed by atoms with van der Waals surface area (Å²) in [5.41, 5.74) is 5.23. The van der Waals surface area contributed by atoms with Crippen molar-refractivity contribution >= 4 is 57.9 Å². The number of nitrogens with one attached hydrogen (secondary N) is 2. The Bertz CT molecular complexity index is 1200. The third-order valence-corrected chi connectivity index (χ3v) is 5.76. The smallest absolute Gasteiger partial charge is 0.271 e. The molecule has 0 aliphatic rings. The van der Waals surface area contributed by atoms with Crippen LogP contribution < -0.4 is 20.2 Å². The Morgan fingerprint density at radius 3 is 2.56 bits per heavy atom. The number of carbonyl (C=O) groups is 2. The van der Waals surface area contributed by atoms with Crippen LogP contribution in [0.1, 0.15) is 28.4 Å². The fourth-order valence-electron chi connectivity index (χ4n) is 2.89. The maximum atomic E-state index is 12.4. The molecule has 7 nitrogen and oxygen atoms in total. The second-order valence-corrected chi connectivity index (χ2v) is 8.70. The van der Waals surface area contributed by atoms with Crippen molar-refractivity contribution < 1.29 is 19.1 Å². The maximum absolute atomic E-state index is 12.4. The first-order chi connectivity index (χ1) is 16.4. The van der Waals surface area contributed by atoms with Gasteiger partial charge in [0.1, 0.15) is 0 Å². The molecule has 176 valence electrons. The lowest BCUT2D eigenvalue weighted by Crippen LogP contribution is -2.20. The number of hydrogen-bond acceptors (Lipinski definition) is 5. The molecule has 0 saturated heterocycles. The molecule has 0 unspecified atom stereocenters. The van der Waals surface area contributed by atoms with Crippen molar-refractivity contribution in [3.63, 3.8) is 0 Å². The summed E-state index contributed by atoms with van der Waals surface area (Å²) >= 11 is 8.21. The summed E-state index contributed by atoms with van der Waals surface area (Å²) in [5, 5.41) is 7.36. The Kier molecular flexibility index (Phi) is 9.29. The third-order valence-electron chi connectivity index (χ3n) is 4.55. The molecule has 0 spiro atoms. The van der Waals surface area contributed by atoms with Crippen molar-refractivity contribution in [1.82, 2.24) is 5.43 Å². The number of benzene rings is 3. The van der Waals surface area contributed by atoms with E-state index < -0.39 is 0 Å². The van der Waals surface area contributed by atoms with Gasteiger partial charge in [-0.1, -0.05) is 35.9 Å². The topological polar surface area (TPSA) is 89.0 Å². The van der Waals surface area contributed by atoms with Crippen LogP contribution in [0, 0.1) is 10.5 Å². The highest BCUT2D eigenvalue weighted by molar-refractivity contribution is 14.1. The van der Waals surface area contributed by atoms with Crippen LogP contribution in [-0.4, -0.2) is 31.2 Å². The lowest BCUT2D eigenvalue weighted by molar-refractivity contribution is -0.118. The summed E-state index contributed by atoms with van der Waals surface area (Å²) in [7, 11) is 0. The lowest BCUT2D eigenvalue weighted by Gasteiger charge is -2.15. The molecule has 0 saturated carbocycles. The zero-order valence-corrected chi connectivity index (χ0v) is 21.5. The van der Waals surface area contributed by atoms with Crippen LogP contribution >= 0.6 is 34.2 Å². The highest BCUT2D eigenvalue weighted by Crippen LogP contribution is 2.34. The van der Waals surface area contributed by atoms with E-state index in [2.05, 4.69) is 38.4 Å². The number of carbonyl (C=O) groups excluding carboxylic acids is 2. The monoisotopic (exact) mass is 591 g/mol. The number of aryl methyl sites for hydroxylation is 1. The molecule has 0 heterocycles. The number of amides is 2. The van der Waals surface area contributed by atoms with E-state index in [0.29, 0.717) is 39.9 Å². The molecule has 2 N–H and O–H groups in total. The SMILES string of the molecule is CCOc1cc(/C=N/NC(=O)c2ccccc2)cc(I)c1OCC(=O)Nc1ccc(C)c(Cl)c1. The van der Waals surface area contributed by atoms with E-state index in [0.717, 1.165) is 9.13 Å². The summed E-state index contributed by atoms with van der Waals surface area (Å²) in [6, 6.07) is 17.7. The number of rotatable bonds is 9. The van der Waals surface area contributed by atoms with Gasteiger partial charge in [-0.15, -0.1) is 0 Å². The highest BCUT2D eigenvalue weighted by Gasteiger charge is 2.14. The molecule has 2 amide bonds. The molecule has 34 heavy (non-hydrogen) atoms. The fourth-order valence-corrected chi connectivity index (χ4v) is 3.85. The van der Waals surface area contributed by atoms with Crippen molar-refractivity contribution in [2.45, 2.75) is 13.8 Å². The molecule has 9 heteroatoms. The van der Waals surface area contributed by atoms with E-state index >= 15 is 0 Å². The molecule has 3 aromatic rings. The summed E-state index contributed by atoms with van der Waals surface area (Å²) in [6.45, 7) is 3.94. The molecular weight excluding hydrogens is 569 g/mol. The average molecular weight is 592 g/mol. The molecule has 3 rings (SSSR count). The van der Waals surface area contributed by atoms with Gasteiger partial charge in [-0.25, -0.2) is 5.43 Å². The molecule has 0 fully saturated rings. The molecule has 0 aliphatic heterocycles. The predicted octanol–water partition coefficient (Wildman–Crippen LogP) is 5.43. The van der Waals surface area contributed by atoms with Crippen LogP contribution in [0.25, 0.3) is 0 Å². The number of hydrazone groups is 1. The van der Waals surface area contributed by atoms with E-state index in [1.165, 1.54) is 6.21 Å². The fraction of sp³-hybridized carbons (Fsp3) is 0.160. The molecule has 3 aromatic carbocycles. The molecule has 0 radical (unpaired) electrons. The van der Waals surface area contributed by atoms with Crippen molar-refractivity contribution in [1.29, 1.82) is 0 Å². The lowest BCUT2D eigenvalue weighted by atomic mass is 10.2. The molecular formula is C25H23ClIN3O4. The Morgan fingerprint density at radius 2 is 1.85 bits per heavy atom. The minimum absolute atomic E-state index is 0.206. The Morgan fingerprint density at radius 1 is 1.09 bits per heavy atom. The molecule has 0 aromatic heterocycles. The standard InChI is InChI=1S/C25H23ClIN3O4/c1-3-33-22-12-17(14-28-30-25(32)18-7-5-4-6-8-18)11-21(27)24(22)34-15-23(31)29-19-10-9-16(2)20(26)13-19/h4-14H,3,15H2,1-2H3,(H,29,31)(H,30,32)/b28-14+. The van der Waals surface area contributed by atoms with Crippen LogP contribution in [0.2, 0.25) is 5.02 Å². The number of hydrogen-bond donors (Lipinski definition) is 2. The van der Waals surface area contributed by atoms with E-state index in [4.69, 9.17) is 21.1 Å². The zero-order valence-electron chi connectivity index (χ0n) is 18.6. The summed E-state index contributed by atoms with van der Waals surface area (Å²) < 4.78 is 12.2. The Labute approximate surface area is 216 Å². The maximum Gasteiger partial charge on any atom is 0.271 e. The minimum Gasteiger partial charge on any atom is -0.490 e. The van der Waals surface area contributed by atoms with Crippen molar-refractivity contribution in [2.75, 3.05) is 18.5 Å². The van der Waals surface area contributed by atoms with Crippen molar-refractivity contribution in [3.05, 3.63) is 85.9 Å². The van der Waals surface area contributed by atoms with Gasteiger partial charge in [-0.05, 0) is 84.0 Å². The Hall–Kier alpha value is -3.11. The zero-order chi connectivity index (χ0) is 24.5. The third kappa shape index (κ3) is 7.19. The summed E-state index contributed by atoms with van der Waals surface area (Å²) in [6.07, 6.45) is 1.52. The van der Waals surface area contributed by atoms with Crippen molar-refractivity contribution in [3.8, 4) is 11.5 Å². The van der Waals surface area contributed by atoms with Gasteiger partial charge in [0, 0.05) is 16.3 Å². The van der Waals surface area contributed by atoms with Crippen LogP contribution in [-0.2, 0) is 4.79 Å². The molecule has 0 bridgehead atoms. The van der Waals surface area contributed by atoms with Gasteiger partial charge in [0.25, 0.3) is 11.8 Å². The summed E-state index contributed by atoms with van der Waals surface area (Å²) in [5.74, 6) is 0.284. The van der Waals surface area contributed by atoms with Gasteiger partial charge in [0.15, 0.2) is 18.1 Å². The number of ether oxygens (including phenoxy) is 2. The predicted molar refractivity (Wildman–Crippen MR) is 142 cm³/mol. The second-order valence-electron chi connectivity index (χ2n) is 7.13. The average Bonchev–Trinajstić information content (AvgIpc) is 2.81. The second kappa shape index (κ2) is 12.4. The van der Waals surface area contributed by atoms with Gasteiger partial charge in [0.2, 0.25) is 0 Å². The van der Waals surface area contributed by atoms with Crippen LogP contribution in [0.4, 0.5) is 5.69 Å². The minimum atomic E-state index is -0.326. The first-order valence-corrected chi connectivity index (χ1v) is 11.9. The number of halogens is 2. The van der Waals surface area contributed by atoms with Gasteiger partial charge >= 0.3 is 0 Å². The van der Waals surface area contributed by atoms with E-state index in [-0.39, 0.29) is 18.4 Å². The van der Waals surface area contributed by atoms with Crippen LogP contribution in [0.5, 0.6) is 11.5 Å². The van der Waals surface area contributed by atoms with Gasteiger partial charge < -0.3 is 14.8 Å². The highest BCUT2D eigenvalue weighted by atomic mass is 127. The molecule has 0 aliphatic carbocycles. The van der Waals surface area contributed by atoms with E-state index in [1.807, 2.05) is 32.0 Å². The first kappa shape index (κ1) is 25.5.